The molecule has 0 radical (unpaired) electrons. The molecule has 0 saturated carbocycles. The van der Waals surface area contributed by atoms with Crippen LogP contribution in [-0.2, 0) is 61.6 Å². The van der Waals surface area contributed by atoms with Crippen molar-refractivity contribution in [1.82, 2.24) is 0 Å². The lowest BCUT2D eigenvalue weighted by molar-refractivity contribution is -0.118. The van der Waals surface area contributed by atoms with Crippen LogP contribution in [0.2, 0.25) is 0 Å². The van der Waals surface area contributed by atoms with Crippen LogP contribution in [0.4, 0.5) is 0 Å². The number of hydrogen-bond acceptors (Lipinski definition) is 13. The van der Waals surface area contributed by atoms with Gasteiger partial charge >= 0.3 is 0 Å². The van der Waals surface area contributed by atoms with E-state index in [4.69, 9.17) is 56.8 Å². The Morgan fingerprint density at radius 2 is 0.556 bits per heavy atom. The van der Waals surface area contributed by atoms with E-state index in [0.29, 0.717) is 152 Å². The zero-order valence-corrected chi connectivity index (χ0v) is 28.9. The Morgan fingerprint density at radius 3 is 0.778 bits per heavy atom. The van der Waals surface area contributed by atoms with Gasteiger partial charge in [0.1, 0.15) is 5.78 Å². The smallest absolute Gasteiger partial charge is 0.132 e. The van der Waals surface area contributed by atoms with Crippen molar-refractivity contribution in [1.29, 1.82) is 0 Å². The fourth-order valence-corrected chi connectivity index (χ4v) is 2.95. The Bertz CT molecular complexity index is 509. The van der Waals surface area contributed by atoms with Crippen LogP contribution in [-0.4, -0.2) is 164 Å². The molecule has 45 heavy (non-hydrogen) atoms. The zero-order valence-electron chi connectivity index (χ0n) is 28.9. The Labute approximate surface area is 273 Å². The van der Waals surface area contributed by atoms with E-state index in [1.54, 1.807) is 6.92 Å². The van der Waals surface area contributed by atoms with Crippen molar-refractivity contribution in [2.75, 3.05) is 159 Å². The molecule has 13 nitrogen and oxygen atoms in total. The quantitative estimate of drug-likeness (QED) is 0.0903. The zero-order chi connectivity index (χ0) is 33.2. The topological polar surface area (TPSA) is 128 Å². The summed E-state index contributed by atoms with van der Waals surface area (Å²) in [6.07, 6.45) is 2.73. The molecule has 0 aliphatic heterocycles. The van der Waals surface area contributed by atoms with Gasteiger partial charge in [0.05, 0.1) is 139 Å². The molecular formula is C32H66O13. The minimum Gasteiger partial charge on any atom is -0.379 e. The average molecular weight is 659 g/mol. The third-order valence-electron chi connectivity index (χ3n) is 5.37. The van der Waals surface area contributed by atoms with Gasteiger partial charge in [0.15, 0.2) is 0 Å². The summed E-state index contributed by atoms with van der Waals surface area (Å²) in [5, 5.41) is 0. The average Bonchev–Trinajstić information content (AvgIpc) is 3.04. The van der Waals surface area contributed by atoms with Gasteiger partial charge in [-0.25, -0.2) is 0 Å². The van der Waals surface area contributed by atoms with Gasteiger partial charge in [-0.1, -0.05) is 13.3 Å². The van der Waals surface area contributed by atoms with E-state index in [-0.39, 0.29) is 5.78 Å². The molecule has 0 spiro atoms. The summed E-state index contributed by atoms with van der Waals surface area (Å²) >= 11 is 0. The second kappa shape index (κ2) is 45.3. The normalized spacial score (nSPS) is 11.1. The lowest BCUT2D eigenvalue weighted by atomic mass is 10.3. The third-order valence-corrected chi connectivity index (χ3v) is 5.37. The van der Waals surface area contributed by atoms with Gasteiger partial charge in [-0.15, -0.1) is 0 Å². The van der Waals surface area contributed by atoms with Crippen molar-refractivity contribution in [3.8, 4) is 0 Å². The Morgan fingerprint density at radius 1 is 0.333 bits per heavy atom. The summed E-state index contributed by atoms with van der Waals surface area (Å²) in [5.41, 5.74) is 0. The molecule has 0 amide bonds. The van der Waals surface area contributed by atoms with Crippen molar-refractivity contribution in [3.05, 3.63) is 0 Å². The third kappa shape index (κ3) is 50.2. The van der Waals surface area contributed by atoms with Crippen molar-refractivity contribution < 1.29 is 61.6 Å². The fraction of sp³-hybridized carbons (Fsp3) is 0.969. The number of carbonyl (C=O) groups is 1. The van der Waals surface area contributed by atoms with Gasteiger partial charge in [-0.2, -0.15) is 0 Å². The molecule has 0 N–H and O–H groups in total. The summed E-state index contributed by atoms with van der Waals surface area (Å²) < 4.78 is 63.7. The summed E-state index contributed by atoms with van der Waals surface area (Å²) in [7, 11) is 0. The molecule has 0 fully saturated rings. The van der Waals surface area contributed by atoms with E-state index in [1.807, 2.05) is 13.8 Å². The van der Waals surface area contributed by atoms with Crippen LogP contribution in [0.15, 0.2) is 0 Å². The molecular weight excluding hydrogens is 592 g/mol. The van der Waals surface area contributed by atoms with Crippen LogP contribution in [0, 0.1) is 0 Å². The molecule has 0 heterocycles. The summed E-state index contributed by atoms with van der Waals surface area (Å²) in [5.74, 6) is 0.138. The first-order valence-electron chi connectivity index (χ1n) is 16.6. The molecule has 0 aliphatic rings. The molecule has 0 bridgehead atoms. The number of Topliss-reactive ketones (excluding diaryl/α,β-unsaturated/α-hetero) is 1. The van der Waals surface area contributed by atoms with E-state index in [2.05, 4.69) is 6.92 Å². The second-order valence-corrected chi connectivity index (χ2v) is 9.32. The van der Waals surface area contributed by atoms with E-state index >= 15 is 0 Å². The van der Waals surface area contributed by atoms with Crippen molar-refractivity contribution in [2.45, 2.75) is 47.0 Å². The van der Waals surface area contributed by atoms with Gasteiger partial charge < -0.3 is 56.8 Å². The standard InChI is InChI=1S/C16H32O7.C16H34O6/c1-3-18-6-7-20-10-11-22-14-15-23-13-12-21-9-8-19-5-4-16(2)17;1-3-5-6-18-9-10-20-13-14-22-16-15-21-12-11-19-8-7-17-4-2/h3-15H2,1-2H3;3-16H2,1-2H3. The molecule has 0 aromatic rings. The molecule has 0 aromatic heterocycles. The Hall–Kier alpha value is -0.810. The monoisotopic (exact) mass is 658 g/mol. The number of rotatable bonds is 38. The maximum absolute atomic E-state index is 10.7. The highest BCUT2D eigenvalue weighted by atomic mass is 16.6. The maximum atomic E-state index is 10.7. The predicted molar refractivity (Wildman–Crippen MR) is 171 cm³/mol. The fourth-order valence-electron chi connectivity index (χ4n) is 2.95. The molecule has 272 valence electrons. The predicted octanol–water partition coefficient (Wildman–Crippen LogP) is 2.99. The highest BCUT2D eigenvalue weighted by Crippen LogP contribution is 1.89. The van der Waals surface area contributed by atoms with Crippen molar-refractivity contribution in [2.24, 2.45) is 0 Å². The van der Waals surface area contributed by atoms with Gasteiger partial charge in [0, 0.05) is 26.2 Å². The van der Waals surface area contributed by atoms with E-state index in [1.165, 1.54) is 0 Å². The van der Waals surface area contributed by atoms with Crippen molar-refractivity contribution >= 4 is 5.78 Å². The van der Waals surface area contributed by atoms with Crippen LogP contribution < -0.4 is 0 Å². The maximum Gasteiger partial charge on any atom is 0.132 e. The number of unbranched alkanes of at least 4 members (excludes halogenated alkanes) is 1. The lowest BCUT2D eigenvalue weighted by Gasteiger charge is -2.08. The first kappa shape index (κ1) is 46.3. The van der Waals surface area contributed by atoms with Gasteiger partial charge in [-0.3, -0.25) is 4.79 Å². The number of ether oxygens (including phenoxy) is 12. The van der Waals surface area contributed by atoms with Gasteiger partial charge in [0.25, 0.3) is 0 Å². The molecule has 13 heteroatoms. The molecule has 0 aliphatic carbocycles. The van der Waals surface area contributed by atoms with Crippen LogP contribution >= 0.6 is 0 Å². The second-order valence-electron chi connectivity index (χ2n) is 9.32. The molecule has 0 saturated heterocycles. The van der Waals surface area contributed by atoms with E-state index < -0.39 is 0 Å². The largest absolute Gasteiger partial charge is 0.379 e. The minimum atomic E-state index is 0.138. The van der Waals surface area contributed by atoms with Gasteiger partial charge in [-0.05, 0) is 27.2 Å². The highest BCUT2D eigenvalue weighted by molar-refractivity contribution is 5.75. The minimum absolute atomic E-state index is 0.138. The van der Waals surface area contributed by atoms with Crippen LogP contribution in [0.1, 0.15) is 47.0 Å². The highest BCUT2D eigenvalue weighted by Gasteiger charge is 1.96. The number of ketones is 1. The lowest BCUT2D eigenvalue weighted by Crippen LogP contribution is -2.14. The first-order chi connectivity index (χ1) is 22.2. The summed E-state index contributed by atoms with van der Waals surface area (Å²) in [4.78, 5) is 10.7. The molecule has 0 unspecified atom stereocenters. The van der Waals surface area contributed by atoms with E-state index in [9.17, 15) is 4.79 Å². The van der Waals surface area contributed by atoms with Crippen LogP contribution in [0.3, 0.4) is 0 Å². The van der Waals surface area contributed by atoms with Crippen LogP contribution in [0.5, 0.6) is 0 Å². The van der Waals surface area contributed by atoms with Gasteiger partial charge in [0.2, 0.25) is 0 Å². The van der Waals surface area contributed by atoms with E-state index in [0.717, 1.165) is 26.1 Å². The SMILES string of the molecule is CCCCOCCOCCOCCOCCOCCOCC.CCOCCOCCOCCOCCOCCOCCC(C)=O. The summed E-state index contributed by atoms with van der Waals surface area (Å²) in [6, 6.07) is 0. The number of hydrogen-bond donors (Lipinski definition) is 0. The summed E-state index contributed by atoms with van der Waals surface area (Å²) in [6.45, 7) is 21.9. The molecule has 0 rings (SSSR count). The number of carbonyl (C=O) groups excluding carboxylic acids is 1. The molecule has 0 atom stereocenters. The Balaban J connectivity index is 0. The Kier molecular flexibility index (Phi) is 46.6. The van der Waals surface area contributed by atoms with Crippen LogP contribution in [0.25, 0.3) is 0 Å². The molecule has 0 aromatic carbocycles. The van der Waals surface area contributed by atoms with Crippen molar-refractivity contribution in [3.63, 3.8) is 0 Å². The first-order valence-corrected chi connectivity index (χ1v) is 16.6.